The summed E-state index contributed by atoms with van der Waals surface area (Å²) in [6, 6.07) is 2.78. The second-order valence-electron chi connectivity index (χ2n) is 4.84. The summed E-state index contributed by atoms with van der Waals surface area (Å²) in [5.41, 5.74) is 0. The SMILES string of the molecule is CN(C)C(=O)NC1CCC(n2cccn2)CC1. The van der Waals surface area contributed by atoms with E-state index in [2.05, 4.69) is 10.4 Å². The van der Waals surface area contributed by atoms with Crippen LogP contribution in [0, 0.1) is 0 Å². The van der Waals surface area contributed by atoms with Crippen molar-refractivity contribution in [3.8, 4) is 0 Å². The zero-order valence-electron chi connectivity index (χ0n) is 10.5. The van der Waals surface area contributed by atoms with E-state index in [0.717, 1.165) is 25.7 Å². The molecule has 17 heavy (non-hydrogen) atoms. The molecule has 0 unspecified atom stereocenters. The molecule has 0 spiro atoms. The number of aromatic nitrogens is 2. The van der Waals surface area contributed by atoms with Crippen molar-refractivity contribution in [1.82, 2.24) is 20.0 Å². The molecule has 5 heteroatoms. The second-order valence-corrected chi connectivity index (χ2v) is 4.84. The molecule has 0 atom stereocenters. The van der Waals surface area contributed by atoms with Crippen molar-refractivity contribution < 1.29 is 4.79 Å². The van der Waals surface area contributed by atoms with Crippen molar-refractivity contribution >= 4 is 6.03 Å². The first-order valence-corrected chi connectivity index (χ1v) is 6.14. The fraction of sp³-hybridized carbons (Fsp3) is 0.667. The minimum atomic E-state index is 0.00698. The molecule has 1 aliphatic carbocycles. The summed E-state index contributed by atoms with van der Waals surface area (Å²) in [6.45, 7) is 0. The average molecular weight is 236 g/mol. The van der Waals surface area contributed by atoms with Gasteiger partial charge in [-0.05, 0) is 31.7 Å². The molecule has 2 amide bonds. The van der Waals surface area contributed by atoms with E-state index in [1.807, 2.05) is 23.1 Å². The maximum atomic E-state index is 11.5. The van der Waals surface area contributed by atoms with E-state index >= 15 is 0 Å². The van der Waals surface area contributed by atoms with Crippen molar-refractivity contribution in [2.45, 2.75) is 37.8 Å². The van der Waals surface area contributed by atoms with Crippen molar-refractivity contribution in [3.63, 3.8) is 0 Å². The zero-order valence-corrected chi connectivity index (χ0v) is 10.5. The van der Waals surface area contributed by atoms with Gasteiger partial charge in [-0.15, -0.1) is 0 Å². The van der Waals surface area contributed by atoms with E-state index in [1.54, 1.807) is 19.0 Å². The highest BCUT2D eigenvalue weighted by Gasteiger charge is 2.23. The van der Waals surface area contributed by atoms with Crippen LogP contribution < -0.4 is 5.32 Å². The summed E-state index contributed by atoms with van der Waals surface area (Å²) in [5.74, 6) is 0. The fourth-order valence-corrected chi connectivity index (χ4v) is 2.29. The molecule has 5 nitrogen and oxygen atoms in total. The van der Waals surface area contributed by atoms with Gasteiger partial charge >= 0.3 is 6.03 Å². The standard InChI is InChI=1S/C12H20N4O/c1-15(2)12(17)14-10-4-6-11(7-5-10)16-9-3-8-13-16/h3,8-11H,4-7H2,1-2H3,(H,14,17). The highest BCUT2D eigenvalue weighted by molar-refractivity contribution is 5.73. The Kier molecular flexibility index (Phi) is 3.66. The maximum Gasteiger partial charge on any atom is 0.317 e. The number of hydrogen-bond acceptors (Lipinski definition) is 2. The van der Waals surface area contributed by atoms with Gasteiger partial charge in [-0.25, -0.2) is 4.79 Å². The Morgan fingerprint density at radius 3 is 2.59 bits per heavy atom. The highest BCUT2D eigenvalue weighted by Crippen LogP contribution is 2.27. The molecule has 1 fully saturated rings. The number of nitrogens with one attached hydrogen (secondary N) is 1. The number of amides is 2. The first kappa shape index (κ1) is 12.0. The Balaban J connectivity index is 1.80. The van der Waals surface area contributed by atoms with E-state index < -0.39 is 0 Å². The Morgan fingerprint density at radius 1 is 1.35 bits per heavy atom. The largest absolute Gasteiger partial charge is 0.335 e. The highest BCUT2D eigenvalue weighted by atomic mass is 16.2. The minimum absolute atomic E-state index is 0.00698. The number of carbonyl (C=O) groups is 1. The normalized spacial score (nSPS) is 24.4. The first-order chi connectivity index (χ1) is 8.16. The summed E-state index contributed by atoms with van der Waals surface area (Å²) in [5, 5.41) is 7.32. The van der Waals surface area contributed by atoms with Crippen LogP contribution >= 0.6 is 0 Å². The van der Waals surface area contributed by atoms with Crippen molar-refractivity contribution in [1.29, 1.82) is 0 Å². The van der Waals surface area contributed by atoms with Gasteiger partial charge in [-0.1, -0.05) is 0 Å². The van der Waals surface area contributed by atoms with Gasteiger partial charge in [0.15, 0.2) is 0 Å². The Morgan fingerprint density at radius 2 is 2.06 bits per heavy atom. The lowest BCUT2D eigenvalue weighted by molar-refractivity contribution is 0.203. The smallest absolute Gasteiger partial charge is 0.317 e. The molecular weight excluding hydrogens is 216 g/mol. The molecule has 0 bridgehead atoms. The van der Waals surface area contributed by atoms with Crippen LogP contribution in [0.4, 0.5) is 4.79 Å². The van der Waals surface area contributed by atoms with Crippen molar-refractivity contribution in [2.24, 2.45) is 0 Å². The predicted octanol–water partition coefficient (Wildman–Crippen LogP) is 1.64. The van der Waals surface area contributed by atoms with E-state index in [1.165, 1.54) is 0 Å². The van der Waals surface area contributed by atoms with Crippen LogP contribution in [0.15, 0.2) is 18.5 Å². The van der Waals surface area contributed by atoms with Crippen LogP contribution in [0.1, 0.15) is 31.7 Å². The molecule has 0 saturated heterocycles. The molecule has 0 aliphatic heterocycles. The Labute approximate surface area is 102 Å². The van der Waals surface area contributed by atoms with E-state index in [9.17, 15) is 4.79 Å². The summed E-state index contributed by atoms with van der Waals surface area (Å²) >= 11 is 0. The van der Waals surface area contributed by atoms with Gasteiger partial charge in [0.05, 0.1) is 6.04 Å². The third kappa shape index (κ3) is 2.99. The summed E-state index contributed by atoms with van der Waals surface area (Å²) in [6.07, 6.45) is 8.07. The fourth-order valence-electron chi connectivity index (χ4n) is 2.29. The predicted molar refractivity (Wildman–Crippen MR) is 65.7 cm³/mol. The van der Waals surface area contributed by atoms with Gasteiger partial charge in [-0.3, -0.25) is 4.68 Å². The van der Waals surface area contributed by atoms with E-state index in [4.69, 9.17) is 0 Å². The lowest BCUT2D eigenvalue weighted by Gasteiger charge is -2.30. The van der Waals surface area contributed by atoms with Gasteiger partial charge in [0.25, 0.3) is 0 Å². The van der Waals surface area contributed by atoms with Crippen molar-refractivity contribution in [3.05, 3.63) is 18.5 Å². The molecule has 1 aromatic rings. The van der Waals surface area contributed by atoms with Gasteiger partial charge < -0.3 is 10.2 Å². The molecule has 1 heterocycles. The van der Waals surface area contributed by atoms with Crippen LogP contribution in [-0.2, 0) is 0 Å². The minimum Gasteiger partial charge on any atom is -0.335 e. The number of urea groups is 1. The van der Waals surface area contributed by atoms with Crippen LogP contribution in [0.2, 0.25) is 0 Å². The summed E-state index contributed by atoms with van der Waals surface area (Å²) in [7, 11) is 3.54. The van der Waals surface area contributed by atoms with Gasteiger partial charge in [0.2, 0.25) is 0 Å². The number of nitrogens with zero attached hydrogens (tertiary/aromatic N) is 3. The Hall–Kier alpha value is -1.52. The van der Waals surface area contributed by atoms with Gasteiger partial charge in [0.1, 0.15) is 0 Å². The Bertz CT molecular complexity index is 353. The molecule has 1 aliphatic rings. The van der Waals surface area contributed by atoms with Crippen LogP contribution in [0.25, 0.3) is 0 Å². The number of carbonyl (C=O) groups excluding carboxylic acids is 1. The first-order valence-electron chi connectivity index (χ1n) is 6.14. The van der Waals surface area contributed by atoms with E-state index in [0.29, 0.717) is 12.1 Å². The van der Waals surface area contributed by atoms with Crippen LogP contribution in [-0.4, -0.2) is 40.8 Å². The molecule has 1 saturated carbocycles. The lowest BCUT2D eigenvalue weighted by Crippen LogP contribution is -2.43. The molecule has 1 aromatic heterocycles. The molecule has 94 valence electrons. The average Bonchev–Trinajstić information content (AvgIpc) is 2.83. The topological polar surface area (TPSA) is 50.2 Å². The van der Waals surface area contributed by atoms with E-state index in [-0.39, 0.29) is 6.03 Å². The number of rotatable bonds is 2. The maximum absolute atomic E-state index is 11.5. The second kappa shape index (κ2) is 5.21. The monoisotopic (exact) mass is 236 g/mol. The summed E-state index contributed by atoms with van der Waals surface area (Å²) in [4.78, 5) is 13.1. The molecular formula is C12H20N4O. The number of hydrogen-bond donors (Lipinski definition) is 1. The molecule has 1 N–H and O–H groups in total. The third-order valence-electron chi connectivity index (χ3n) is 3.33. The lowest BCUT2D eigenvalue weighted by atomic mass is 9.91. The van der Waals surface area contributed by atoms with Crippen LogP contribution in [0.5, 0.6) is 0 Å². The van der Waals surface area contributed by atoms with Gasteiger partial charge in [-0.2, -0.15) is 5.10 Å². The van der Waals surface area contributed by atoms with Gasteiger partial charge in [0, 0.05) is 32.5 Å². The van der Waals surface area contributed by atoms with Crippen molar-refractivity contribution in [2.75, 3.05) is 14.1 Å². The third-order valence-corrected chi connectivity index (χ3v) is 3.33. The zero-order chi connectivity index (χ0) is 12.3. The quantitative estimate of drug-likeness (QED) is 0.848. The van der Waals surface area contributed by atoms with Crippen LogP contribution in [0.3, 0.4) is 0 Å². The molecule has 2 rings (SSSR count). The molecule has 0 aromatic carbocycles. The molecule has 0 radical (unpaired) electrons. The summed E-state index contributed by atoms with van der Waals surface area (Å²) < 4.78 is 2.03.